The van der Waals surface area contributed by atoms with E-state index in [9.17, 15) is 24.9 Å². The molecule has 7 nitrogen and oxygen atoms in total. The molecule has 4 fully saturated rings. The minimum absolute atomic E-state index is 0.00179. The Bertz CT molecular complexity index is 1570. The standard InChI is InChI=1S/C37H40O7/c1-35-15-14-27(40)17-26(35)12-13-28-29-18-32-37(31(42)21-39,36(29,2)19-30(41)33(28)35)44-34(43-32)25-5-3-4-23(16-25)9-6-22-7-10-24(20-38)11-8-22/h3-11,14-17,28-30,32-34,38-39,41H,12-13,18-21H2,1-2H3/b9-6+/t28-,29-,30-,32+,33+,34+,35-,36-,37+/m0/s1. The molecular weight excluding hydrogens is 556 g/mol. The van der Waals surface area contributed by atoms with Gasteiger partial charge in [-0.3, -0.25) is 9.59 Å². The van der Waals surface area contributed by atoms with E-state index in [-0.39, 0.29) is 30.1 Å². The molecule has 0 amide bonds. The predicted molar refractivity (Wildman–Crippen MR) is 165 cm³/mol. The summed E-state index contributed by atoms with van der Waals surface area (Å²) in [6, 6.07) is 15.5. The fourth-order valence-corrected chi connectivity index (χ4v) is 9.57. The van der Waals surface area contributed by atoms with E-state index in [2.05, 4.69) is 6.92 Å². The third kappa shape index (κ3) is 4.28. The number of rotatable bonds is 6. The minimum Gasteiger partial charge on any atom is -0.393 e. The van der Waals surface area contributed by atoms with Crippen LogP contribution in [0.25, 0.3) is 12.2 Å². The maximum atomic E-state index is 13.8. The van der Waals surface area contributed by atoms with E-state index in [0.717, 1.165) is 40.7 Å². The zero-order valence-electron chi connectivity index (χ0n) is 25.2. The minimum atomic E-state index is -1.38. The Morgan fingerprint density at radius 2 is 1.84 bits per heavy atom. The highest BCUT2D eigenvalue weighted by atomic mass is 16.7. The van der Waals surface area contributed by atoms with Gasteiger partial charge in [0.25, 0.3) is 0 Å². The van der Waals surface area contributed by atoms with Crippen LogP contribution in [-0.4, -0.2) is 51.3 Å². The Labute approximate surface area is 257 Å². The van der Waals surface area contributed by atoms with Crippen molar-refractivity contribution in [1.29, 1.82) is 0 Å². The molecule has 1 heterocycles. The van der Waals surface area contributed by atoms with Gasteiger partial charge in [-0.1, -0.05) is 80.1 Å². The lowest BCUT2D eigenvalue weighted by Crippen LogP contribution is -2.63. The third-order valence-corrected chi connectivity index (χ3v) is 11.6. The van der Waals surface area contributed by atoms with Crippen LogP contribution >= 0.6 is 0 Å². The number of ether oxygens (including phenoxy) is 2. The number of hydrogen-bond donors (Lipinski definition) is 3. The van der Waals surface area contributed by atoms with E-state index in [1.807, 2.05) is 73.7 Å². The Kier molecular flexibility index (Phi) is 7.18. The van der Waals surface area contributed by atoms with Gasteiger partial charge < -0.3 is 24.8 Å². The molecule has 230 valence electrons. The van der Waals surface area contributed by atoms with Crippen LogP contribution in [0.2, 0.25) is 0 Å². The van der Waals surface area contributed by atoms with Gasteiger partial charge in [0, 0.05) is 22.3 Å². The first kappa shape index (κ1) is 29.5. The van der Waals surface area contributed by atoms with E-state index < -0.39 is 47.3 Å². The molecular formula is C37H40O7. The second-order valence-corrected chi connectivity index (χ2v) is 13.7. The molecule has 1 saturated heterocycles. The number of benzene rings is 2. The smallest absolute Gasteiger partial charge is 0.193 e. The molecule has 0 bridgehead atoms. The summed E-state index contributed by atoms with van der Waals surface area (Å²) < 4.78 is 13.3. The second kappa shape index (κ2) is 10.7. The highest BCUT2D eigenvalue weighted by Crippen LogP contribution is 2.70. The predicted octanol–water partition coefficient (Wildman–Crippen LogP) is 4.95. The number of carbonyl (C=O) groups excluding carboxylic acids is 2. The average molecular weight is 597 g/mol. The highest BCUT2D eigenvalue weighted by molar-refractivity contribution is 6.01. The molecule has 5 aliphatic rings. The molecule has 7 rings (SSSR count). The number of hydrogen-bond acceptors (Lipinski definition) is 7. The fourth-order valence-electron chi connectivity index (χ4n) is 9.57. The number of carbonyl (C=O) groups is 2. The van der Waals surface area contributed by atoms with Gasteiger partial charge in [-0.25, -0.2) is 0 Å². The summed E-state index contributed by atoms with van der Waals surface area (Å²) in [6.45, 7) is 3.52. The Morgan fingerprint density at radius 3 is 2.59 bits per heavy atom. The summed E-state index contributed by atoms with van der Waals surface area (Å²) in [5.74, 6) is -0.312. The van der Waals surface area contributed by atoms with Crippen LogP contribution in [0.4, 0.5) is 0 Å². The lowest BCUT2D eigenvalue weighted by molar-refractivity contribution is -0.201. The van der Waals surface area contributed by atoms with E-state index in [1.165, 1.54) is 0 Å². The molecule has 3 N–H and O–H groups in total. The normalized spacial score (nSPS) is 39.0. The van der Waals surface area contributed by atoms with Gasteiger partial charge in [-0.05, 0) is 72.4 Å². The largest absolute Gasteiger partial charge is 0.393 e. The van der Waals surface area contributed by atoms with Gasteiger partial charge in [0.05, 0.1) is 18.8 Å². The molecule has 4 aliphatic carbocycles. The summed E-state index contributed by atoms with van der Waals surface area (Å²) >= 11 is 0. The van der Waals surface area contributed by atoms with Crippen molar-refractivity contribution in [3.8, 4) is 0 Å². The van der Waals surface area contributed by atoms with Crippen LogP contribution in [0.15, 0.2) is 72.3 Å². The molecule has 7 heteroatoms. The summed E-state index contributed by atoms with van der Waals surface area (Å²) in [7, 11) is 0. The maximum absolute atomic E-state index is 13.8. The molecule has 1 aliphatic heterocycles. The van der Waals surface area contributed by atoms with Crippen LogP contribution in [0.5, 0.6) is 0 Å². The first-order valence-corrected chi connectivity index (χ1v) is 15.7. The third-order valence-electron chi connectivity index (χ3n) is 11.6. The molecule has 0 aromatic heterocycles. The van der Waals surface area contributed by atoms with Crippen molar-refractivity contribution in [1.82, 2.24) is 0 Å². The maximum Gasteiger partial charge on any atom is 0.193 e. The van der Waals surface area contributed by atoms with Gasteiger partial charge >= 0.3 is 0 Å². The molecule has 9 atom stereocenters. The van der Waals surface area contributed by atoms with Crippen molar-refractivity contribution < 1.29 is 34.4 Å². The highest BCUT2D eigenvalue weighted by Gasteiger charge is 2.75. The molecule has 2 aromatic rings. The Hall–Kier alpha value is -3.20. The molecule has 44 heavy (non-hydrogen) atoms. The summed E-state index contributed by atoms with van der Waals surface area (Å²) in [6.07, 6.45) is 9.83. The van der Waals surface area contributed by atoms with Crippen LogP contribution in [0.1, 0.15) is 68.1 Å². The van der Waals surface area contributed by atoms with Crippen molar-refractivity contribution >= 4 is 23.7 Å². The fraction of sp³-hybridized carbons (Fsp3) is 0.459. The molecule has 0 radical (unpaired) electrons. The van der Waals surface area contributed by atoms with E-state index in [1.54, 1.807) is 12.2 Å². The number of allylic oxidation sites excluding steroid dienone is 4. The van der Waals surface area contributed by atoms with Gasteiger partial charge in [0.1, 0.15) is 6.61 Å². The number of Topliss-reactive ketones (excluding diaryl/α,β-unsaturated/α-hetero) is 1. The van der Waals surface area contributed by atoms with Crippen LogP contribution < -0.4 is 0 Å². The first-order chi connectivity index (χ1) is 21.1. The molecule has 2 aromatic carbocycles. The quantitative estimate of drug-likeness (QED) is 0.405. The van der Waals surface area contributed by atoms with Gasteiger partial charge in [0.15, 0.2) is 23.5 Å². The summed E-state index contributed by atoms with van der Waals surface area (Å²) in [5.41, 5.74) is 2.14. The van der Waals surface area contributed by atoms with Crippen LogP contribution in [0, 0.1) is 28.6 Å². The van der Waals surface area contributed by atoms with E-state index in [4.69, 9.17) is 9.47 Å². The van der Waals surface area contributed by atoms with E-state index >= 15 is 0 Å². The SMILES string of the molecule is C[C@]12C=CC(=O)C=C1CC[C@@H]1[C@@H]2[C@@H](O)C[C@@]2(C)[C@H]1C[C@H]1O[C@@H](c3cccc(/C=C/c4ccc(CO)cc4)c3)O[C@]12C(=O)CO. The number of aliphatic hydroxyl groups excluding tert-OH is 3. The Balaban J connectivity index is 1.18. The average Bonchev–Trinajstić information content (AvgIpc) is 3.53. The number of ketones is 2. The lowest BCUT2D eigenvalue weighted by atomic mass is 9.46. The summed E-state index contributed by atoms with van der Waals surface area (Å²) in [4.78, 5) is 26.0. The summed E-state index contributed by atoms with van der Waals surface area (Å²) in [5, 5.41) is 31.4. The Morgan fingerprint density at radius 1 is 1.07 bits per heavy atom. The van der Waals surface area contributed by atoms with Crippen molar-refractivity contribution in [2.24, 2.45) is 28.6 Å². The van der Waals surface area contributed by atoms with Gasteiger partial charge in [-0.2, -0.15) is 0 Å². The van der Waals surface area contributed by atoms with Gasteiger partial charge in [-0.15, -0.1) is 0 Å². The molecule has 3 saturated carbocycles. The number of aliphatic hydroxyl groups is 3. The first-order valence-electron chi connectivity index (χ1n) is 15.7. The van der Waals surface area contributed by atoms with Crippen molar-refractivity contribution in [3.05, 3.63) is 94.6 Å². The molecule has 0 unspecified atom stereocenters. The van der Waals surface area contributed by atoms with Gasteiger partial charge in [0.2, 0.25) is 0 Å². The topological polar surface area (TPSA) is 113 Å². The van der Waals surface area contributed by atoms with Crippen LogP contribution in [-0.2, 0) is 25.7 Å². The molecule has 0 spiro atoms. The number of fused-ring (bicyclic) bond motifs is 7. The van der Waals surface area contributed by atoms with Crippen LogP contribution in [0.3, 0.4) is 0 Å². The zero-order chi connectivity index (χ0) is 30.9. The lowest BCUT2D eigenvalue weighted by Gasteiger charge is -2.59. The zero-order valence-corrected chi connectivity index (χ0v) is 25.2. The van der Waals surface area contributed by atoms with Crippen molar-refractivity contribution in [2.75, 3.05) is 6.61 Å². The van der Waals surface area contributed by atoms with E-state index in [0.29, 0.717) is 12.8 Å². The monoisotopic (exact) mass is 596 g/mol. The second-order valence-electron chi connectivity index (χ2n) is 13.7. The van der Waals surface area contributed by atoms with Crippen molar-refractivity contribution in [3.63, 3.8) is 0 Å². The van der Waals surface area contributed by atoms with Crippen molar-refractivity contribution in [2.45, 2.75) is 70.2 Å².